The Bertz CT molecular complexity index is 256. The Morgan fingerprint density at radius 3 is 2.04 bits per heavy atom. The van der Waals surface area contributed by atoms with Crippen molar-refractivity contribution in [2.24, 2.45) is 0 Å². The van der Waals surface area contributed by atoms with Crippen LogP contribution in [0.5, 0.6) is 0 Å². The normalized spacial score (nSPS) is 12.3. The van der Waals surface area contributed by atoms with Crippen molar-refractivity contribution in [2.45, 2.75) is 97.0 Å². The molecule has 138 valence electrons. The minimum Gasteiger partial charge on any atom is -0.457 e. The van der Waals surface area contributed by atoms with Crippen LogP contribution in [0.2, 0.25) is 0 Å². The highest BCUT2D eigenvalue weighted by Crippen LogP contribution is 2.08. The third kappa shape index (κ3) is 16.0. The predicted molar refractivity (Wildman–Crippen MR) is 94.5 cm³/mol. The Kier molecular flexibility index (Phi) is 17.3. The molecule has 0 aliphatic carbocycles. The number of carbonyl (C=O) groups is 1. The second-order valence-corrected chi connectivity index (χ2v) is 6.30. The lowest BCUT2D eigenvalue weighted by Gasteiger charge is -2.15. The predicted octanol–water partition coefficient (Wildman–Crippen LogP) is 4.63. The first-order valence-electron chi connectivity index (χ1n) is 9.62. The van der Waals surface area contributed by atoms with Crippen molar-refractivity contribution >= 4 is 5.97 Å². The van der Waals surface area contributed by atoms with E-state index in [-0.39, 0.29) is 12.6 Å². The second-order valence-electron chi connectivity index (χ2n) is 6.30. The lowest BCUT2D eigenvalue weighted by Crippen LogP contribution is -2.27. The summed E-state index contributed by atoms with van der Waals surface area (Å²) in [5.41, 5.74) is 0. The first-order valence-corrected chi connectivity index (χ1v) is 9.62. The van der Waals surface area contributed by atoms with Gasteiger partial charge >= 0.3 is 5.97 Å². The van der Waals surface area contributed by atoms with Crippen LogP contribution in [0.1, 0.15) is 90.9 Å². The highest BCUT2D eigenvalue weighted by molar-refractivity contribution is 5.69. The zero-order valence-corrected chi connectivity index (χ0v) is 15.4. The van der Waals surface area contributed by atoms with E-state index in [1.165, 1.54) is 44.9 Å². The molecular weight excluding hydrogens is 292 g/mol. The number of aliphatic hydroxyl groups excluding tert-OH is 1. The average Bonchev–Trinajstić information content (AvgIpc) is 2.55. The molecule has 1 unspecified atom stereocenters. The van der Waals surface area contributed by atoms with Gasteiger partial charge in [-0.2, -0.15) is 0 Å². The van der Waals surface area contributed by atoms with Gasteiger partial charge in [-0.1, -0.05) is 71.6 Å². The maximum atomic E-state index is 11.6. The van der Waals surface area contributed by atoms with Gasteiger partial charge in [0.2, 0.25) is 0 Å². The van der Waals surface area contributed by atoms with Gasteiger partial charge in [-0.3, -0.25) is 4.79 Å². The lowest BCUT2D eigenvalue weighted by molar-refractivity contribution is -0.154. The number of carbonyl (C=O) groups excluding carboxylic acids is 1. The maximum Gasteiger partial charge on any atom is 0.306 e. The van der Waals surface area contributed by atoms with Gasteiger partial charge in [0, 0.05) is 13.0 Å². The third-order valence-corrected chi connectivity index (χ3v) is 3.93. The lowest BCUT2D eigenvalue weighted by atomic mass is 10.1. The summed E-state index contributed by atoms with van der Waals surface area (Å²) < 4.78 is 10.7. The zero-order valence-electron chi connectivity index (χ0n) is 15.4. The number of ether oxygens (including phenoxy) is 2. The van der Waals surface area contributed by atoms with Crippen LogP contribution in [0.15, 0.2) is 0 Å². The van der Waals surface area contributed by atoms with E-state index in [4.69, 9.17) is 9.47 Å². The molecule has 1 atom stereocenters. The van der Waals surface area contributed by atoms with E-state index < -0.39 is 6.10 Å². The van der Waals surface area contributed by atoms with Crippen LogP contribution in [0, 0.1) is 0 Å². The summed E-state index contributed by atoms with van der Waals surface area (Å²) in [7, 11) is 0. The SMILES string of the molecule is CCCCCCCCCCOCC(CO)OC(=O)CCCCC. The van der Waals surface area contributed by atoms with Crippen molar-refractivity contribution in [3.63, 3.8) is 0 Å². The molecule has 0 aromatic carbocycles. The van der Waals surface area contributed by atoms with Gasteiger partial charge in [0.1, 0.15) is 6.10 Å². The standard InChI is InChI=1S/C19H38O4/c1-3-5-7-8-9-10-11-13-15-22-17-18(16-20)23-19(21)14-12-6-4-2/h18,20H,3-17H2,1-2H3. The van der Waals surface area contributed by atoms with Crippen molar-refractivity contribution in [2.75, 3.05) is 19.8 Å². The van der Waals surface area contributed by atoms with Gasteiger partial charge < -0.3 is 14.6 Å². The van der Waals surface area contributed by atoms with E-state index in [0.717, 1.165) is 25.7 Å². The minimum absolute atomic E-state index is 0.170. The molecule has 1 N–H and O–H groups in total. The fraction of sp³-hybridized carbons (Fsp3) is 0.947. The Morgan fingerprint density at radius 2 is 1.43 bits per heavy atom. The molecule has 0 saturated heterocycles. The van der Waals surface area contributed by atoms with Crippen molar-refractivity contribution in [1.82, 2.24) is 0 Å². The number of unbranched alkanes of at least 4 members (excludes halogenated alkanes) is 9. The molecule has 4 nitrogen and oxygen atoms in total. The molecular formula is C19H38O4. The van der Waals surface area contributed by atoms with Gasteiger partial charge in [0.05, 0.1) is 13.2 Å². The fourth-order valence-electron chi connectivity index (χ4n) is 2.44. The molecule has 0 amide bonds. The first-order chi connectivity index (χ1) is 11.2. The summed E-state index contributed by atoms with van der Waals surface area (Å²) in [6.45, 7) is 5.14. The third-order valence-electron chi connectivity index (χ3n) is 3.93. The number of aliphatic hydroxyl groups is 1. The van der Waals surface area contributed by atoms with Crippen LogP contribution in [-0.4, -0.2) is 37.0 Å². The molecule has 0 aromatic rings. The number of rotatable bonds is 17. The monoisotopic (exact) mass is 330 g/mol. The zero-order chi connectivity index (χ0) is 17.2. The Labute approximate surface area is 142 Å². The van der Waals surface area contributed by atoms with E-state index in [0.29, 0.717) is 19.6 Å². The summed E-state index contributed by atoms with van der Waals surface area (Å²) in [6, 6.07) is 0. The molecule has 0 aliphatic heterocycles. The molecule has 0 saturated carbocycles. The quantitative estimate of drug-likeness (QED) is 0.312. The number of hydrogen-bond acceptors (Lipinski definition) is 4. The van der Waals surface area contributed by atoms with E-state index in [1.807, 2.05) is 0 Å². The summed E-state index contributed by atoms with van der Waals surface area (Å²) in [5.74, 6) is -0.229. The topological polar surface area (TPSA) is 55.8 Å². The molecule has 0 radical (unpaired) electrons. The van der Waals surface area contributed by atoms with Crippen molar-refractivity contribution in [3.05, 3.63) is 0 Å². The van der Waals surface area contributed by atoms with Crippen molar-refractivity contribution < 1.29 is 19.4 Å². The second kappa shape index (κ2) is 17.7. The van der Waals surface area contributed by atoms with E-state index in [2.05, 4.69) is 13.8 Å². The summed E-state index contributed by atoms with van der Waals surface area (Å²) in [5, 5.41) is 9.23. The molecule has 0 bridgehead atoms. The van der Waals surface area contributed by atoms with Crippen LogP contribution in [-0.2, 0) is 14.3 Å². The number of hydrogen-bond donors (Lipinski definition) is 1. The van der Waals surface area contributed by atoms with Crippen LogP contribution in [0.3, 0.4) is 0 Å². The molecule has 0 spiro atoms. The fourth-order valence-corrected chi connectivity index (χ4v) is 2.44. The van der Waals surface area contributed by atoms with Crippen molar-refractivity contribution in [3.8, 4) is 0 Å². The average molecular weight is 331 g/mol. The van der Waals surface area contributed by atoms with Crippen molar-refractivity contribution in [1.29, 1.82) is 0 Å². The molecule has 23 heavy (non-hydrogen) atoms. The van der Waals surface area contributed by atoms with Gasteiger partial charge in [-0.15, -0.1) is 0 Å². The van der Waals surface area contributed by atoms with Gasteiger partial charge in [-0.25, -0.2) is 0 Å². The van der Waals surface area contributed by atoms with Crippen LogP contribution in [0.4, 0.5) is 0 Å². The molecule has 0 fully saturated rings. The van der Waals surface area contributed by atoms with Crippen LogP contribution < -0.4 is 0 Å². The molecule has 4 heteroatoms. The van der Waals surface area contributed by atoms with Gasteiger partial charge in [0.15, 0.2) is 0 Å². The molecule has 0 aromatic heterocycles. The molecule has 0 heterocycles. The van der Waals surface area contributed by atoms with Crippen LogP contribution in [0.25, 0.3) is 0 Å². The smallest absolute Gasteiger partial charge is 0.306 e. The highest BCUT2D eigenvalue weighted by atomic mass is 16.6. The Balaban J connectivity index is 3.44. The Morgan fingerprint density at radius 1 is 0.870 bits per heavy atom. The highest BCUT2D eigenvalue weighted by Gasteiger charge is 2.13. The maximum absolute atomic E-state index is 11.6. The number of esters is 1. The summed E-state index contributed by atoms with van der Waals surface area (Å²) in [4.78, 5) is 11.6. The van der Waals surface area contributed by atoms with Gasteiger partial charge in [-0.05, 0) is 12.8 Å². The van der Waals surface area contributed by atoms with Gasteiger partial charge in [0.25, 0.3) is 0 Å². The molecule has 0 aliphatic rings. The van der Waals surface area contributed by atoms with Crippen LogP contribution >= 0.6 is 0 Å². The molecule has 0 rings (SSSR count). The van der Waals surface area contributed by atoms with E-state index in [9.17, 15) is 9.90 Å². The summed E-state index contributed by atoms with van der Waals surface area (Å²) in [6.07, 6.45) is 13.0. The van der Waals surface area contributed by atoms with E-state index >= 15 is 0 Å². The Hall–Kier alpha value is -0.610. The first kappa shape index (κ1) is 22.4. The minimum atomic E-state index is -0.516. The largest absolute Gasteiger partial charge is 0.457 e. The van der Waals surface area contributed by atoms with E-state index in [1.54, 1.807) is 0 Å². The summed E-state index contributed by atoms with van der Waals surface area (Å²) >= 11 is 0.